The van der Waals surface area contributed by atoms with Crippen LogP contribution in [0.2, 0.25) is 5.02 Å². The van der Waals surface area contributed by atoms with Crippen LogP contribution in [0.5, 0.6) is 0 Å². The van der Waals surface area contributed by atoms with Gasteiger partial charge in [0.15, 0.2) is 0 Å². The number of nitrogens with zero attached hydrogens (tertiary/aromatic N) is 2. The lowest BCUT2D eigenvalue weighted by atomic mass is 9.98. The summed E-state index contributed by atoms with van der Waals surface area (Å²) < 4.78 is 26.8. The maximum Gasteiger partial charge on any atom is 0.270 e. The van der Waals surface area contributed by atoms with Crippen molar-refractivity contribution in [2.75, 3.05) is 19.6 Å². The van der Waals surface area contributed by atoms with Gasteiger partial charge in [0.25, 0.3) is 5.91 Å². The number of benzene rings is 1. The third-order valence-corrected chi connectivity index (χ3v) is 6.94. The Morgan fingerprint density at radius 1 is 1.36 bits per heavy atom. The van der Waals surface area contributed by atoms with Crippen molar-refractivity contribution >= 4 is 38.9 Å². The highest BCUT2D eigenvalue weighted by Crippen LogP contribution is 2.25. The molecule has 1 N–H and O–H groups in total. The molecule has 0 aliphatic carbocycles. The zero-order valence-corrected chi connectivity index (χ0v) is 15.8. The Kier molecular flexibility index (Phi) is 5.73. The van der Waals surface area contributed by atoms with Crippen LogP contribution >= 0.6 is 22.9 Å². The monoisotopic (exact) mass is 399 g/mol. The van der Waals surface area contributed by atoms with Crippen molar-refractivity contribution in [3.05, 3.63) is 45.9 Å². The van der Waals surface area contributed by atoms with E-state index < -0.39 is 10.0 Å². The number of hydrogen-bond donors (Lipinski definition) is 1. The first kappa shape index (κ1) is 18.3. The van der Waals surface area contributed by atoms with Crippen molar-refractivity contribution in [1.29, 1.82) is 0 Å². The van der Waals surface area contributed by atoms with Gasteiger partial charge in [0.1, 0.15) is 5.69 Å². The smallest absolute Gasteiger partial charge is 0.270 e. The number of carbonyl (C=O) groups excluding carboxylic acids is 1. The summed E-state index contributed by atoms with van der Waals surface area (Å²) in [5.41, 5.74) is 2.04. The number of amides is 1. The standard InChI is InChI=1S/C16H18ClN3O3S2/c17-13-2-1-3-14(8-13)25(22,23)20-6-4-12(5-7-20)9-18-16(21)15-10-24-11-19-15/h1-3,8,10-12H,4-7,9H2,(H,18,21). The molecule has 1 fully saturated rings. The highest BCUT2D eigenvalue weighted by Gasteiger charge is 2.29. The fourth-order valence-electron chi connectivity index (χ4n) is 2.78. The number of rotatable bonds is 5. The van der Waals surface area contributed by atoms with Crippen LogP contribution in [0, 0.1) is 5.92 Å². The molecule has 0 spiro atoms. The van der Waals surface area contributed by atoms with Gasteiger partial charge in [0.05, 0.1) is 10.4 Å². The van der Waals surface area contributed by atoms with Crippen LogP contribution in [0.25, 0.3) is 0 Å². The molecule has 1 aliphatic rings. The summed E-state index contributed by atoms with van der Waals surface area (Å²) >= 11 is 7.28. The summed E-state index contributed by atoms with van der Waals surface area (Å²) in [6, 6.07) is 6.31. The molecule has 1 aromatic heterocycles. The van der Waals surface area contributed by atoms with E-state index in [2.05, 4.69) is 10.3 Å². The van der Waals surface area contributed by atoms with E-state index in [0.717, 1.165) is 0 Å². The van der Waals surface area contributed by atoms with E-state index in [9.17, 15) is 13.2 Å². The molecule has 0 atom stereocenters. The second kappa shape index (κ2) is 7.82. The van der Waals surface area contributed by atoms with Gasteiger partial charge in [-0.3, -0.25) is 4.79 Å². The molecule has 0 radical (unpaired) electrons. The Labute approximate surface area is 155 Å². The van der Waals surface area contributed by atoms with Gasteiger partial charge in [-0.15, -0.1) is 11.3 Å². The molecule has 1 aliphatic heterocycles. The van der Waals surface area contributed by atoms with Crippen molar-refractivity contribution in [3.63, 3.8) is 0 Å². The van der Waals surface area contributed by atoms with Crippen molar-refractivity contribution in [2.24, 2.45) is 5.92 Å². The summed E-state index contributed by atoms with van der Waals surface area (Å²) in [5.74, 6) is 0.0728. The fourth-order valence-corrected chi connectivity index (χ4v) is 5.09. The second-order valence-electron chi connectivity index (χ2n) is 5.89. The van der Waals surface area contributed by atoms with Crippen molar-refractivity contribution < 1.29 is 13.2 Å². The quantitative estimate of drug-likeness (QED) is 0.838. The van der Waals surface area contributed by atoms with E-state index in [4.69, 9.17) is 11.6 Å². The lowest BCUT2D eigenvalue weighted by Crippen LogP contribution is -2.41. The molecule has 1 amide bonds. The molecule has 9 heteroatoms. The average molecular weight is 400 g/mol. The topological polar surface area (TPSA) is 79.4 Å². The minimum Gasteiger partial charge on any atom is -0.350 e. The molecule has 1 aromatic carbocycles. The van der Waals surface area contributed by atoms with Crippen LogP contribution in [0.4, 0.5) is 0 Å². The van der Waals surface area contributed by atoms with E-state index in [1.54, 1.807) is 29.1 Å². The first-order chi connectivity index (χ1) is 12.0. The number of thiazole rings is 1. The van der Waals surface area contributed by atoms with E-state index in [1.165, 1.54) is 21.7 Å². The molecule has 25 heavy (non-hydrogen) atoms. The third-order valence-electron chi connectivity index (χ3n) is 4.22. The number of piperidine rings is 1. The van der Waals surface area contributed by atoms with Crippen LogP contribution in [0.1, 0.15) is 23.3 Å². The number of nitrogens with one attached hydrogen (secondary N) is 1. The Morgan fingerprint density at radius 2 is 2.12 bits per heavy atom. The number of sulfonamides is 1. The Hall–Kier alpha value is -1.48. The molecule has 0 unspecified atom stereocenters. The highest BCUT2D eigenvalue weighted by molar-refractivity contribution is 7.89. The lowest BCUT2D eigenvalue weighted by molar-refractivity contribution is 0.0937. The van der Waals surface area contributed by atoms with E-state index in [-0.39, 0.29) is 16.7 Å². The van der Waals surface area contributed by atoms with E-state index >= 15 is 0 Å². The molecule has 2 aromatic rings. The highest BCUT2D eigenvalue weighted by atomic mass is 35.5. The van der Waals surface area contributed by atoms with E-state index in [1.807, 2.05) is 0 Å². The molecule has 0 bridgehead atoms. The molecule has 2 heterocycles. The zero-order chi connectivity index (χ0) is 17.9. The molecule has 134 valence electrons. The maximum atomic E-state index is 12.7. The van der Waals surface area contributed by atoms with Crippen LogP contribution in [-0.4, -0.2) is 43.2 Å². The van der Waals surface area contributed by atoms with Gasteiger partial charge in [-0.25, -0.2) is 13.4 Å². The van der Waals surface area contributed by atoms with Gasteiger partial charge in [-0.2, -0.15) is 4.31 Å². The Balaban J connectivity index is 1.54. The Morgan fingerprint density at radius 3 is 2.76 bits per heavy atom. The van der Waals surface area contributed by atoms with Crippen LogP contribution in [0.3, 0.4) is 0 Å². The molecule has 1 saturated heterocycles. The Bertz CT molecular complexity index is 832. The van der Waals surface area contributed by atoms with Gasteiger partial charge in [-0.05, 0) is 37.0 Å². The van der Waals surface area contributed by atoms with Crippen molar-refractivity contribution in [2.45, 2.75) is 17.7 Å². The minimum absolute atomic E-state index is 0.185. The van der Waals surface area contributed by atoms with Crippen molar-refractivity contribution in [3.8, 4) is 0 Å². The minimum atomic E-state index is -3.52. The first-order valence-corrected chi connectivity index (χ1v) is 10.6. The van der Waals surface area contributed by atoms with Gasteiger partial charge in [0.2, 0.25) is 10.0 Å². The van der Waals surface area contributed by atoms with Gasteiger partial charge in [-0.1, -0.05) is 17.7 Å². The van der Waals surface area contributed by atoms with Crippen molar-refractivity contribution in [1.82, 2.24) is 14.6 Å². The molecular formula is C16H18ClN3O3S2. The summed E-state index contributed by atoms with van der Waals surface area (Å²) in [7, 11) is -3.52. The SMILES string of the molecule is O=C(NCC1CCN(S(=O)(=O)c2cccc(Cl)c2)CC1)c1cscn1. The maximum absolute atomic E-state index is 12.7. The summed E-state index contributed by atoms with van der Waals surface area (Å²) in [6.07, 6.45) is 1.41. The molecule has 0 saturated carbocycles. The predicted octanol–water partition coefficient (Wildman–Crippen LogP) is 2.63. The number of hydrogen-bond acceptors (Lipinski definition) is 5. The summed E-state index contributed by atoms with van der Waals surface area (Å²) in [5, 5.41) is 4.97. The van der Waals surface area contributed by atoms with E-state index in [0.29, 0.717) is 43.2 Å². The summed E-state index contributed by atoms with van der Waals surface area (Å²) in [4.78, 5) is 16.1. The van der Waals surface area contributed by atoms with Crippen LogP contribution < -0.4 is 5.32 Å². The average Bonchev–Trinajstić information content (AvgIpc) is 3.15. The van der Waals surface area contributed by atoms with Gasteiger partial charge < -0.3 is 5.32 Å². The first-order valence-electron chi connectivity index (χ1n) is 7.89. The fraction of sp³-hybridized carbons (Fsp3) is 0.375. The number of halogens is 1. The number of carbonyl (C=O) groups is 1. The number of aromatic nitrogens is 1. The summed E-state index contributed by atoms with van der Waals surface area (Å²) in [6.45, 7) is 1.40. The second-order valence-corrected chi connectivity index (χ2v) is 8.98. The third kappa shape index (κ3) is 4.38. The lowest BCUT2D eigenvalue weighted by Gasteiger charge is -2.31. The zero-order valence-electron chi connectivity index (χ0n) is 13.4. The predicted molar refractivity (Wildman–Crippen MR) is 97.4 cm³/mol. The largest absolute Gasteiger partial charge is 0.350 e. The van der Waals surface area contributed by atoms with Gasteiger partial charge in [0, 0.05) is 30.0 Å². The molecule has 3 rings (SSSR count). The molecular weight excluding hydrogens is 382 g/mol. The molecule has 6 nitrogen and oxygen atoms in total. The van der Waals surface area contributed by atoms with Gasteiger partial charge >= 0.3 is 0 Å². The van der Waals surface area contributed by atoms with Crippen LogP contribution in [-0.2, 0) is 10.0 Å². The van der Waals surface area contributed by atoms with Crippen LogP contribution in [0.15, 0.2) is 40.1 Å². The normalized spacial score (nSPS) is 16.7.